The number of rotatable bonds is 5. The van der Waals surface area contributed by atoms with Crippen molar-refractivity contribution >= 4 is 29.7 Å². The molecule has 0 bridgehead atoms. The maximum absolute atomic E-state index is 12.5. The molecule has 1 N–H and O–H groups in total. The number of hydrogen-bond acceptors (Lipinski definition) is 3. The van der Waals surface area contributed by atoms with E-state index in [2.05, 4.69) is 25.2 Å². The number of nitrogens with one attached hydrogen (secondary N) is 1. The maximum Gasteiger partial charge on any atom is 0.263 e. The van der Waals surface area contributed by atoms with Crippen molar-refractivity contribution in [1.82, 2.24) is 10.2 Å². The first-order valence-corrected chi connectivity index (χ1v) is 8.50. The first-order valence-electron chi connectivity index (χ1n) is 7.68. The van der Waals surface area contributed by atoms with Crippen molar-refractivity contribution in [2.45, 2.75) is 39.5 Å². The summed E-state index contributed by atoms with van der Waals surface area (Å²) in [5.74, 6) is 1.02. The van der Waals surface area contributed by atoms with E-state index in [4.69, 9.17) is 0 Å². The van der Waals surface area contributed by atoms with E-state index in [0.29, 0.717) is 0 Å². The van der Waals surface area contributed by atoms with Crippen LogP contribution >= 0.6 is 23.7 Å². The molecule has 1 fully saturated rings. The Morgan fingerprint density at radius 2 is 2.10 bits per heavy atom. The smallest absolute Gasteiger partial charge is 0.263 e. The van der Waals surface area contributed by atoms with Gasteiger partial charge >= 0.3 is 0 Å². The lowest BCUT2D eigenvalue weighted by molar-refractivity contribution is 0.0692. The molecule has 1 saturated heterocycles. The summed E-state index contributed by atoms with van der Waals surface area (Å²) in [5.41, 5.74) is 1.27. The van der Waals surface area contributed by atoms with Crippen molar-refractivity contribution < 1.29 is 4.79 Å². The van der Waals surface area contributed by atoms with Gasteiger partial charge in [0, 0.05) is 18.0 Å². The zero-order valence-corrected chi connectivity index (χ0v) is 14.9. The summed E-state index contributed by atoms with van der Waals surface area (Å²) in [6, 6.07) is 2.07. The molecule has 1 amide bonds. The number of halogens is 1. The SMILES string of the molecule is CCc1sc(C(=O)N2CCC(CCNC)CC2)cc1C.Cl. The third-order valence-corrected chi connectivity index (χ3v) is 5.63. The minimum absolute atomic E-state index is 0. The minimum Gasteiger partial charge on any atom is -0.338 e. The van der Waals surface area contributed by atoms with Gasteiger partial charge in [0.25, 0.3) is 5.91 Å². The fraction of sp³-hybridized carbons (Fsp3) is 0.688. The van der Waals surface area contributed by atoms with Gasteiger partial charge in [0.1, 0.15) is 0 Å². The Morgan fingerprint density at radius 3 is 2.62 bits per heavy atom. The van der Waals surface area contributed by atoms with Crippen LogP contribution in [0.4, 0.5) is 0 Å². The molecule has 0 atom stereocenters. The highest BCUT2D eigenvalue weighted by Crippen LogP contribution is 2.26. The predicted molar refractivity (Wildman–Crippen MR) is 92.9 cm³/mol. The zero-order chi connectivity index (χ0) is 14.5. The number of aryl methyl sites for hydroxylation is 2. The van der Waals surface area contributed by atoms with Crippen LogP contribution in [0.1, 0.15) is 46.3 Å². The molecule has 1 aromatic heterocycles. The van der Waals surface area contributed by atoms with Gasteiger partial charge in [0.2, 0.25) is 0 Å². The van der Waals surface area contributed by atoms with Crippen LogP contribution in [0.2, 0.25) is 0 Å². The molecule has 5 heteroatoms. The van der Waals surface area contributed by atoms with E-state index in [9.17, 15) is 4.79 Å². The average Bonchev–Trinajstić information content (AvgIpc) is 2.86. The lowest BCUT2D eigenvalue weighted by Gasteiger charge is -2.31. The Hall–Kier alpha value is -0.580. The standard InChI is InChI=1S/C16H26N2OS.ClH/c1-4-14-12(2)11-15(20-14)16(19)18-9-6-13(7-10-18)5-8-17-3;/h11,13,17H,4-10H2,1-3H3;1H. The molecule has 3 nitrogen and oxygen atoms in total. The monoisotopic (exact) mass is 330 g/mol. The molecule has 120 valence electrons. The van der Waals surface area contributed by atoms with Gasteiger partial charge in [-0.15, -0.1) is 23.7 Å². The van der Waals surface area contributed by atoms with E-state index in [-0.39, 0.29) is 18.3 Å². The van der Waals surface area contributed by atoms with Crippen LogP contribution in [0.15, 0.2) is 6.07 Å². The second-order valence-electron chi connectivity index (χ2n) is 5.70. The fourth-order valence-electron chi connectivity index (χ4n) is 2.91. The van der Waals surface area contributed by atoms with Crippen LogP contribution in [0.25, 0.3) is 0 Å². The van der Waals surface area contributed by atoms with E-state index in [0.717, 1.165) is 49.7 Å². The first kappa shape index (κ1) is 18.5. The molecule has 1 aliphatic rings. The number of piperidine rings is 1. The minimum atomic E-state index is 0. The average molecular weight is 331 g/mol. The van der Waals surface area contributed by atoms with Gasteiger partial charge in [-0.3, -0.25) is 4.79 Å². The number of thiophene rings is 1. The molecular weight excluding hydrogens is 304 g/mol. The highest BCUT2D eigenvalue weighted by atomic mass is 35.5. The van der Waals surface area contributed by atoms with Crippen molar-refractivity contribution in [2.24, 2.45) is 5.92 Å². The quantitative estimate of drug-likeness (QED) is 0.896. The summed E-state index contributed by atoms with van der Waals surface area (Å²) in [7, 11) is 2.00. The summed E-state index contributed by atoms with van der Waals surface area (Å²) in [5, 5.41) is 3.21. The number of hydrogen-bond donors (Lipinski definition) is 1. The molecule has 21 heavy (non-hydrogen) atoms. The Bertz CT molecular complexity index is 453. The van der Waals surface area contributed by atoms with Gasteiger partial charge in [0.05, 0.1) is 4.88 Å². The Balaban J connectivity index is 0.00000220. The van der Waals surface area contributed by atoms with Crippen LogP contribution in [0, 0.1) is 12.8 Å². The van der Waals surface area contributed by atoms with Crippen molar-refractivity contribution in [1.29, 1.82) is 0 Å². The van der Waals surface area contributed by atoms with E-state index >= 15 is 0 Å². The molecular formula is C16H27ClN2OS. The molecule has 0 aliphatic carbocycles. The number of likely N-dealkylation sites (tertiary alicyclic amines) is 1. The Morgan fingerprint density at radius 1 is 1.43 bits per heavy atom. The highest BCUT2D eigenvalue weighted by Gasteiger charge is 2.24. The summed E-state index contributed by atoms with van der Waals surface area (Å²) >= 11 is 1.67. The van der Waals surface area contributed by atoms with Crippen LogP contribution in [-0.4, -0.2) is 37.5 Å². The van der Waals surface area contributed by atoms with E-state index in [1.165, 1.54) is 16.9 Å². The lowest BCUT2D eigenvalue weighted by Crippen LogP contribution is -2.38. The number of nitrogens with zero attached hydrogens (tertiary/aromatic N) is 1. The van der Waals surface area contributed by atoms with E-state index in [1.807, 2.05) is 11.9 Å². The molecule has 2 rings (SSSR count). The molecule has 0 saturated carbocycles. The van der Waals surface area contributed by atoms with Gasteiger partial charge in [0.15, 0.2) is 0 Å². The largest absolute Gasteiger partial charge is 0.338 e. The van der Waals surface area contributed by atoms with Gasteiger partial charge in [-0.2, -0.15) is 0 Å². The molecule has 0 unspecified atom stereocenters. The molecule has 2 heterocycles. The summed E-state index contributed by atoms with van der Waals surface area (Å²) in [4.78, 5) is 16.8. The van der Waals surface area contributed by atoms with E-state index < -0.39 is 0 Å². The predicted octanol–water partition coefficient (Wildman–Crippen LogP) is 3.50. The first-order chi connectivity index (χ1) is 9.65. The van der Waals surface area contributed by atoms with Crippen molar-refractivity contribution in [2.75, 3.05) is 26.7 Å². The second kappa shape index (κ2) is 8.76. The van der Waals surface area contributed by atoms with Crippen molar-refractivity contribution in [3.05, 3.63) is 21.4 Å². The van der Waals surface area contributed by atoms with Crippen molar-refractivity contribution in [3.63, 3.8) is 0 Å². The van der Waals surface area contributed by atoms with E-state index in [1.54, 1.807) is 11.3 Å². The maximum atomic E-state index is 12.5. The molecule has 0 radical (unpaired) electrons. The van der Waals surface area contributed by atoms with Gasteiger partial charge in [-0.05, 0) is 63.7 Å². The van der Waals surface area contributed by atoms with Crippen LogP contribution in [0.3, 0.4) is 0 Å². The second-order valence-corrected chi connectivity index (χ2v) is 6.83. The molecule has 1 aromatic rings. The Labute approximate surface area is 138 Å². The zero-order valence-electron chi connectivity index (χ0n) is 13.3. The van der Waals surface area contributed by atoms with Gasteiger partial charge < -0.3 is 10.2 Å². The summed E-state index contributed by atoms with van der Waals surface area (Å²) < 4.78 is 0. The topological polar surface area (TPSA) is 32.3 Å². The summed E-state index contributed by atoms with van der Waals surface area (Å²) in [6.45, 7) is 7.19. The normalized spacial score (nSPS) is 15.9. The lowest BCUT2D eigenvalue weighted by atomic mass is 9.93. The molecule has 1 aliphatic heterocycles. The number of amides is 1. The van der Waals surface area contributed by atoms with Crippen LogP contribution < -0.4 is 5.32 Å². The third kappa shape index (κ3) is 4.70. The van der Waals surface area contributed by atoms with Gasteiger partial charge in [-0.25, -0.2) is 0 Å². The number of carbonyl (C=O) groups is 1. The third-order valence-electron chi connectivity index (χ3n) is 4.26. The Kier molecular flexibility index (Phi) is 7.71. The van der Waals surface area contributed by atoms with Gasteiger partial charge in [-0.1, -0.05) is 6.92 Å². The van der Waals surface area contributed by atoms with Crippen molar-refractivity contribution in [3.8, 4) is 0 Å². The number of carbonyl (C=O) groups excluding carboxylic acids is 1. The van der Waals surface area contributed by atoms with Crippen LogP contribution in [-0.2, 0) is 6.42 Å². The fourth-order valence-corrected chi connectivity index (χ4v) is 3.99. The highest BCUT2D eigenvalue weighted by molar-refractivity contribution is 7.14. The molecule has 0 spiro atoms. The molecule has 0 aromatic carbocycles. The summed E-state index contributed by atoms with van der Waals surface area (Å²) in [6.07, 6.45) is 4.56. The van der Waals surface area contributed by atoms with Crippen LogP contribution in [0.5, 0.6) is 0 Å².